The molecule has 0 aromatic rings. The summed E-state index contributed by atoms with van der Waals surface area (Å²) < 4.78 is 20.9. The summed E-state index contributed by atoms with van der Waals surface area (Å²) in [4.78, 5) is 21.9. The number of hydrogen-bond acceptors (Lipinski definition) is 4. The largest absolute Gasteiger partial charge is 0.481 e. The van der Waals surface area contributed by atoms with Gasteiger partial charge in [-0.3, -0.25) is 9.59 Å². The molecule has 0 heterocycles. The fourth-order valence-electron chi connectivity index (χ4n) is 2.01. The number of aliphatic carboxylic acids is 2. The normalized spacial score (nSPS) is 30.3. The number of hydrogen-bond donors (Lipinski definition) is 2. The molecule has 16 heavy (non-hydrogen) atoms. The van der Waals surface area contributed by atoms with Crippen LogP contribution in [0.4, 0.5) is 0 Å². The van der Waals surface area contributed by atoms with Gasteiger partial charge in [0, 0.05) is 6.26 Å². The second-order valence-electron chi connectivity index (χ2n) is 3.95. The van der Waals surface area contributed by atoms with Crippen LogP contribution in [-0.2, 0) is 19.4 Å². The average Bonchev–Trinajstić information content (AvgIpc) is 2.42. The topological polar surface area (TPSA) is 109 Å². The van der Waals surface area contributed by atoms with Crippen LogP contribution in [0.2, 0.25) is 0 Å². The lowest BCUT2D eigenvalue weighted by Crippen LogP contribution is -2.45. The summed E-state index contributed by atoms with van der Waals surface area (Å²) in [7, 11) is -3.94. The van der Waals surface area contributed by atoms with Crippen LogP contribution in [0.25, 0.3) is 0 Å². The first-order valence-corrected chi connectivity index (χ1v) is 6.36. The molecule has 2 N–H and O–H groups in total. The molecule has 7 heteroatoms. The number of carboxylic acid groups (broad SMARTS) is 2. The highest BCUT2D eigenvalue weighted by Gasteiger charge is 2.57. The van der Waals surface area contributed by atoms with Gasteiger partial charge >= 0.3 is 11.9 Å². The molecule has 1 aliphatic carbocycles. The lowest BCUT2D eigenvalue weighted by molar-refractivity contribution is -0.142. The summed E-state index contributed by atoms with van der Waals surface area (Å²) in [6.45, 7) is 3.40. The third kappa shape index (κ3) is 1.60. The Morgan fingerprint density at radius 2 is 1.94 bits per heavy atom. The molecule has 0 aliphatic heterocycles. The SMILES string of the molecule is C=C1C[C@H](C(=O)O)C[C@@]1(C(=O)O)S(C)(=O)=O. The minimum atomic E-state index is -3.94. The van der Waals surface area contributed by atoms with Gasteiger partial charge in [0.2, 0.25) is 0 Å². The quantitative estimate of drug-likeness (QED) is 0.675. The molecule has 0 aromatic heterocycles. The average molecular weight is 248 g/mol. The molecule has 0 bridgehead atoms. The van der Waals surface area contributed by atoms with Crippen molar-refractivity contribution in [3.63, 3.8) is 0 Å². The maximum atomic E-state index is 11.5. The van der Waals surface area contributed by atoms with Crippen molar-refractivity contribution in [2.45, 2.75) is 17.6 Å². The van der Waals surface area contributed by atoms with Gasteiger partial charge in [-0.15, -0.1) is 0 Å². The van der Waals surface area contributed by atoms with Gasteiger partial charge in [0.05, 0.1) is 5.92 Å². The molecule has 1 aliphatic rings. The van der Waals surface area contributed by atoms with Gasteiger partial charge in [0.1, 0.15) is 0 Å². The number of carboxylic acids is 2. The molecule has 0 unspecified atom stereocenters. The monoisotopic (exact) mass is 248 g/mol. The van der Waals surface area contributed by atoms with Crippen LogP contribution < -0.4 is 0 Å². The Kier molecular flexibility index (Phi) is 2.84. The van der Waals surface area contributed by atoms with E-state index in [0.717, 1.165) is 6.26 Å². The summed E-state index contributed by atoms with van der Waals surface area (Å²) in [6, 6.07) is 0. The molecule has 0 aromatic carbocycles. The Morgan fingerprint density at radius 3 is 2.12 bits per heavy atom. The van der Waals surface area contributed by atoms with E-state index in [1.54, 1.807) is 0 Å². The number of sulfone groups is 1. The summed E-state index contributed by atoms with van der Waals surface area (Å²) >= 11 is 0. The molecule has 1 rings (SSSR count). The van der Waals surface area contributed by atoms with Gasteiger partial charge in [0.25, 0.3) is 0 Å². The van der Waals surface area contributed by atoms with Crippen molar-refractivity contribution < 1.29 is 28.2 Å². The molecule has 0 amide bonds. The maximum absolute atomic E-state index is 11.5. The first-order valence-electron chi connectivity index (χ1n) is 4.47. The second-order valence-corrected chi connectivity index (χ2v) is 6.19. The summed E-state index contributed by atoms with van der Waals surface area (Å²) in [5, 5.41) is 17.8. The third-order valence-electron chi connectivity index (χ3n) is 2.93. The van der Waals surface area contributed by atoms with Crippen molar-refractivity contribution in [2.75, 3.05) is 6.26 Å². The van der Waals surface area contributed by atoms with Crippen LogP contribution in [0.1, 0.15) is 12.8 Å². The molecule has 2 atom stereocenters. The van der Waals surface area contributed by atoms with E-state index in [4.69, 9.17) is 10.2 Å². The Balaban J connectivity index is 3.32. The second kappa shape index (κ2) is 3.58. The lowest BCUT2D eigenvalue weighted by Gasteiger charge is -2.23. The standard InChI is InChI=1S/C9H12O6S/c1-5-3-6(7(10)11)4-9(5,8(12)13)16(2,14)15/h6H,1,3-4H2,2H3,(H,10,11)(H,12,13)/t6-,9+/m0/s1. The molecular weight excluding hydrogens is 236 g/mol. The van der Waals surface area contributed by atoms with E-state index in [1.807, 2.05) is 0 Å². The van der Waals surface area contributed by atoms with Crippen molar-refractivity contribution in [1.82, 2.24) is 0 Å². The molecule has 90 valence electrons. The van der Waals surface area contributed by atoms with E-state index < -0.39 is 38.9 Å². The lowest BCUT2D eigenvalue weighted by atomic mass is 10.0. The van der Waals surface area contributed by atoms with Crippen LogP contribution in [0.3, 0.4) is 0 Å². The Labute approximate surface area is 92.5 Å². The van der Waals surface area contributed by atoms with Crippen molar-refractivity contribution in [3.05, 3.63) is 12.2 Å². The molecule has 1 fully saturated rings. The van der Waals surface area contributed by atoms with Crippen molar-refractivity contribution >= 4 is 21.8 Å². The Morgan fingerprint density at radius 1 is 1.44 bits per heavy atom. The van der Waals surface area contributed by atoms with Crippen molar-refractivity contribution in [1.29, 1.82) is 0 Å². The van der Waals surface area contributed by atoms with E-state index in [2.05, 4.69) is 6.58 Å². The zero-order chi connectivity index (χ0) is 12.7. The van der Waals surface area contributed by atoms with Gasteiger partial charge in [-0.05, 0) is 18.4 Å². The highest BCUT2D eigenvalue weighted by atomic mass is 32.2. The minimum Gasteiger partial charge on any atom is -0.481 e. The predicted octanol–water partition coefficient (Wildman–Crippen LogP) is -0.0948. The zero-order valence-corrected chi connectivity index (χ0v) is 9.45. The number of rotatable bonds is 3. The van der Waals surface area contributed by atoms with E-state index in [9.17, 15) is 18.0 Å². The summed E-state index contributed by atoms with van der Waals surface area (Å²) in [6.07, 6.45) is 0.223. The summed E-state index contributed by atoms with van der Waals surface area (Å²) in [5.41, 5.74) is -0.0603. The minimum absolute atomic E-state index is 0.0603. The van der Waals surface area contributed by atoms with Gasteiger partial charge in [-0.25, -0.2) is 8.42 Å². The van der Waals surface area contributed by atoms with Gasteiger partial charge in [-0.2, -0.15) is 0 Å². The number of carbonyl (C=O) groups is 2. The van der Waals surface area contributed by atoms with E-state index in [0.29, 0.717) is 0 Å². The molecule has 6 nitrogen and oxygen atoms in total. The predicted molar refractivity (Wildman–Crippen MR) is 54.7 cm³/mol. The summed E-state index contributed by atoms with van der Waals surface area (Å²) in [5.74, 6) is -3.75. The van der Waals surface area contributed by atoms with E-state index in [-0.39, 0.29) is 12.0 Å². The van der Waals surface area contributed by atoms with Crippen LogP contribution >= 0.6 is 0 Å². The zero-order valence-electron chi connectivity index (χ0n) is 8.63. The molecule has 0 saturated heterocycles. The third-order valence-corrected chi connectivity index (χ3v) is 4.82. The van der Waals surface area contributed by atoms with Gasteiger partial charge in [-0.1, -0.05) is 6.58 Å². The first kappa shape index (κ1) is 12.7. The molecule has 0 spiro atoms. The highest BCUT2D eigenvalue weighted by molar-refractivity contribution is 7.93. The fourth-order valence-corrected chi connectivity index (χ4v) is 3.44. The molecule has 1 saturated carbocycles. The van der Waals surface area contributed by atoms with Gasteiger partial charge < -0.3 is 10.2 Å². The van der Waals surface area contributed by atoms with Crippen LogP contribution in [-0.4, -0.2) is 41.6 Å². The van der Waals surface area contributed by atoms with Crippen LogP contribution in [0, 0.1) is 5.92 Å². The molecule has 0 radical (unpaired) electrons. The van der Waals surface area contributed by atoms with Crippen molar-refractivity contribution in [3.8, 4) is 0 Å². The molecular formula is C9H12O6S. The fraction of sp³-hybridized carbons (Fsp3) is 0.556. The van der Waals surface area contributed by atoms with E-state index >= 15 is 0 Å². The maximum Gasteiger partial charge on any atom is 0.329 e. The van der Waals surface area contributed by atoms with E-state index in [1.165, 1.54) is 0 Å². The van der Waals surface area contributed by atoms with Crippen LogP contribution in [0.15, 0.2) is 12.2 Å². The Hall–Kier alpha value is -1.37. The Bertz CT molecular complexity index is 462. The first-order chi connectivity index (χ1) is 7.13. The van der Waals surface area contributed by atoms with Gasteiger partial charge in [0.15, 0.2) is 14.6 Å². The van der Waals surface area contributed by atoms with Crippen molar-refractivity contribution in [2.24, 2.45) is 5.92 Å². The smallest absolute Gasteiger partial charge is 0.329 e. The highest BCUT2D eigenvalue weighted by Crippen LogP contribution is 2.44. The van der Waals surface area contributed by atoms with Crippen LogP contribution in [0.5, 0.6) is 0 Å².